The zero-order valence-corrected chi connectivity index (χ0v) is 15.9. The monoisotopic (exact) mass is 388 g/mol. The molecule has 3 aromatic heterocycles. The van der Waals surface area contributed by atoms with E-state index in [2.05, 4.69) is 33.4 Å². The molecule has 0 aliphatic carbocycles. The number of aromatic amines is 1. The molecular formula is C21H20N6O2. The minimum absolute atomic E-state index is 0.466. The number of anilines is 1. The SMILES string of the molecule is COCCOC1=CC=CCN1c1nc(-c2ccc3cn[nH]c3c2)cn2ccnc12. The Labute approximate surface area is 167 Å². The molecule has 0 saturated carbocycles. The Morgan fingerprint density at radius 1 is 1.24 bits per heavy atom. The number of nitrogens with zero attached hydrogens (tertiary/aromatic N) is 5. The molecule has 8 heteroatoms. The van der Waals surface area contributed by atoms with Crippen LogP contribution in [0.4, 0.5) is 5.82 Å². The van der Waals surface area contributed by atoms with Crippen molar-refractivity contribution < 1.29 is 9.47 Å². The Morgan fingerprint density at radius 3 is 3.14 bits per heavy atom. The number of hydrogen-bond acceptors (Lipinski definition) is 6. The minimum Gasteiger partial charge on any atom is -0.476 e. The summed E-state index contributed by atoms with van der Waals surface area (Å²) in [6.45, 7) is 1.64. The molecule has 146 valence electrons. The summed E-state index contributed by atoms with van der Waals surface area (Å²) in [7, 11) is 1.66. The van der Waals surface area contributed by atoms with Gasteiger partial charge in [-0.05, 0) is 12.1 Å². The van der Waals surface area contributed by atoms with Crippen LogP contribution < -0.4 is 4.90 Å². The van der Waals surface area contributed by atoms with Gasteiger partial charge in [-0.2, -0.15) is 5.10 Å². The van der Waals surface area contributed by atoms with E-state index in [-0.39, 0.29) is 0 Å². The maximum Gasteiger partial charge on any atom is 0.195 e. The number of rotatable bonds is 6. The van der Waals surface area contributed by atoms with Gasteiger partial charge in [0, 0.05) is 43.2 Å². The molecule has 1 N–H and O–H groups in total. The van der Waals surface area contributed by atoms with Crippen molar-refractivity contribution in [3.05, 3.63) is 67.1 Å². The van der Waals surface area contributed by atoms with Gasteiger partial charge in [-0.1, -0.05) is 24.3 Å². The number of allylic oxidation sites excluding steroid dienone is 2. The first-order chi connectivity index (χ1) is 14.3. The Balaban J connectivity index is 1.59. The Hall–Kier alpha value is -3.65. The lowest BCUT2D eigenvalue weighted by Crippen LogP contribution is -2.28. The molecule has 4 heterocycles. The van der Waals surface area contributed by atoms with Gasteiger partial charge in [0.25, 0.3) is 0 Å². The van der Waals surface area contributed by atoms with Crippen LogP contribution in [-0.4, -0.2) is 51.4 Å². The summed E-state index contributed by atoms with van der Waals surface area (Å²) in [5, 5.41) is 8.19. The lowest BCUT2D eigenvalue weighted by atomic mass is 10.1. The predicted octanol–water partition coefficient (Wildman–Crippen LogP) is 3.15. The normalized spacial score (nSPS) is 14.0. The van der Waals surface area contributed by atoms with Crippen LogP contribution in [0.1, 0.15) is 0 Å². The van der Waals surface area contributed by atoms with Crippen molar-refractivity contribution in [2.24, 2.45) is 0 Å². The fraction of sp³-hybridized carbons (Fsp3) is 0.190. The summed E-state index contributed by atoms with van der Waals surface area (Å²) >= 11 is 0. The summed E-state index contributed by atoms with van der Waals surface area (Å²) in [4.78, 5) is 11.5. The highest BCUT2D eigenvalue weighted by molar-refractivity contribution is 5.83. The van der Waals surface area contributed by atoms with Crippen molar-refractivity contribution in [2.45, 2.75) is 0 Å². The summed E-state index contributed by atoms with van der Waals surface area (Å²) in [6.07, 6.45) is 13.5. The van der Waals surface area contributed by atoms with Crippen LogP contribution in [0.5, 0.6) is 0 Å². The van der Waals surface area contributed by atoms with Crippen LogP contribution in [0, 0.1) is 0 Å². The van der Waals surface area contributed by atoms with Crippen LogP contribution in [0.2, 0.25) is 0 Å². The molecule has 1 aromatic carbocycles. The van der Waals surface area contributed by atoms with Gasteiger partial charge >= 0.3 is 0 Å². The van der Waals surface area contributed by atoms with E-state index < -0.39 is 0 Å². The Bertz CT molecular complexity index is 1220. The molecule has 0 saturated heterocycles. The van der Waals surface area contributed by atoms with Gasteiger partial charge in [0.05, 0.1) is 24.0 Å². The van der Waals surface area contributed by atoms with Crippen molar-refractivity contribution in [3.63, 3.8) is 0 Å². The van der Waals surface area contributed by atoms with Crippen molar-refractivity contribution >= 4 is 22.4 Å². The second-order valence-electron chi connectivity index (χ2n) is 6.66. The zero-order chi connectivity index (χ0) is 19.6. The lowest BCUT2D eigenvalue weighted by molar-refractivity contribution is 0.107. The lowest BCUT2D eigenvalue weighted by Gasteiger charge is -2.27. The third-order valence-electron chi connectivity index (χ3n) is 4.82. The summed E-state index contributed by atoms with van der Waals surface area (Å²) < 4.78 is 13.0. The second kappa shape index (κ2) is 7.40. The Kier molecular flexibility index (Phi) is 4.45. The van der Waals surface area contributed by atoms with E-state index in [0.29, 0.717) is 19.8 Å². The maximum absolute atomic E-state index is 5.93. The standard InChI is InChI=1S/C21H20N6O2/c1-28-10-11-29-19-4-2-3-8-27(19)21-20-22-7-9-26(20)14-18(24-21)15-5-6-16-13-23-25-17(16)12-15/h2-7,9,12-14H,8,10-11H2,1H3,(H,23,25). The summed E-state index contributed by atoms with van der Waals surface area (Å²) in [6, 6.07) is 6.14. The second-order valence-corrected chi connectivity index (χ2v) is 6.66. The average molecular weight is 388 g/mol. The van der Waals surface area contributed by atoms with Crippen LogP contribution >= 0.6 is 0 Å². The number of nitrogens with one attached hydrogen (secondary N) is 1. The smallest absolute Gasteiger partial charge is 0.195 e. The molecule has 0 spiro atoms. The van der Waals surface area contributed by atoms with E-state index in [1.807, 2.05) is 46.1 Å². The van der Waals surface area contributed by atoms with Gasteiger partial charge < -0.3 is 13.9 Å². The van der Waals surface area contributed by atoms with E-state index in [1.165, 1.54) is 0 Å². The number of aromatic nitrogens is 5. The van der Waals surface area contributed by atoms with Crippen molar-refractivity contribution in [3.8, 4) is 11.3 Å². The molecule has 1 aliphatic heterocycles. The first kappa shape index (κ1) is 17.4. The van der Waals surface area contributed by atoms with Gasteiger partial charge in [0.15, 0.2) is 17.3 Å². The number of H-pyrrole nitrogens is 1. The zero-order valence-electron chi connectivity index (χ0n) is 15.9. The first-order valence-corrected chi connectivity index (χ1v) is 9.37. The highest BCUT2D eigenvalue weighted by Gasteiger charge is 2.21. The molecule has 0 atom stereocenters. The van der Waals surface area contributed by atoms with Gasteiger partial charge in [-0.3, -0.25) is 10.00 Å². The molecule has 0 amide bonds. The molecule has 5 rings (SSSR count). The Morgan fingerprint density at radius 2 is 2.21 bits per heavy atom. The highest BCUT2D eigenvalue weighted by Crippen LogP contribution is 2.29. The highest BCUT2D eigenvalue weighted by atomic mass is 16.5. The fourth-order valence-corrected chi connectivity index (χ4v) is 3.37. The molecule has 0 unspecified atom stereocenters. The minimum atomic E-state index is 0.466. The average Bonchev–Trinajstić information content (AvgIpc) is 3.42. The van der Waals surface area contributed by atoms with E-state index >= 15 is 0 Å². The first-order valence-electron chi connectivity index (χ1n) is 9.37. The molecule has 8 nitrogen and oxygen atoms in total. The molecule has 4 aromatic rings. The van der Waals surface area contributed by atoms with Crippen LogP contribution in [0.25, 0.3) is 27.8 Å². The van der Waals surface area contributed by atoms with Crippen LogP contribution in [0.3, 0.4) is 0 Å². The quantitative estimate of drug-likeness (QED) is 0.511. The fourth-order valence-electron chi connectivity index (χ4n) is 3.37. The molecule has 0 radical (unpaired) electrons. The molecule has 0 fully saturated rings. The third kappa shape index (κ3) is 3.23. The van der Waals surface area contributed by atoms with Crippen molar-refractivity contribution in [2.75, 3.05) is 31.8 Å². The van der Waals surface area contributed by atoms with Gasteiger partial charge in [0.1, 0.15) is 6.61 Å². The number of ether oxygens (including phenoxy) is 2. The number of benzene rings is 1. The number of methoxy groups -OCH3 is 1. The van der Waals surface area contributed by atoms with Gasteiger partial charge in [0.2, 0.25) is 0 Å². The number of imidazole rings is 1. The number of fused-ring (bicyclic) bond motifs is 2. The maximum atomic E-state index is 5.93. The van der Waals surface area contributed by atoms with Gasteiger partial charge in [-0.15, -0.1) is 0 Å². The third-order valence-corrected chi connectivity index (χ3v) is 4.82. The molecule has 0 bridgehead atoms. The van der Waals surface area contributed by atoms with E-state index in [0.717, 1.165) is 39.5 Å². The summed E-state index contributed by atoms with van der Waals surface area (Å²) in [5.41, 5.74) is 3.58. The van der Waals surface area contributed by atoms with Crippen molar-refractivity contribution in [1.29, 1.82) is 0 Å². The molecule has 1 aliphatic rings. The van der Waals surface area contributed by atoms with Crippen LogP contribution in [-0.2, 0) is 9.47 Å². The van der Waals surface area contributed by atoms with Gasteiger partial charge in [-0.25, -0.2) is 9.97 Å². The largest absolute Gasteiger partial charge is 0.476 e. The topological polar surface area (TPSA) is 80.6 Å². The predicted molar refractivity (Wildman–Crippen MR) is 110 cm³/mol. The molecule has 29 heavy (non-hydrogen) atoms. The van der Waals surface area contributed by atoms with Crippen LogP contribution in [0.15, 0.2) is 67.1 Å². The van der Waals surface area contributed by atoms with E-state index in [1.54, 1.807) is 13.3 Å². The van der Waals surface area contributed by atoms with E-state index in [9.17, 15) is 0 Å². The molecular weight excluding hydrogens is 368 g/mol. The van der Waals surface area contributed by atoms with Crippen molar-refractivity contribution in [1.82, 2.24) is 24.6 Å². The number of hydrogen-bond donors (Lipinski definition) is 1. The van der Waals surface area contributed by atoms with E-state index in [4.69, 9.17) is 14.5 Å². The summed E-state index contributed by atoms with van der Waals surface area (Å²) in [5.74, 6) is 1.47.